The number of rotatable bonds is 1. The summed E-state index contributed by atoms with van der Waals surface area (Å²) < 4.78 is 25.6. The summed E-state index contributed by atoms with van der Waals surface area (Å²) in [5.41, 5.74) is 0. The average Bonchev–Trinajstić information content (AvgIpc) is 2.10. The molecular formula is C5H5BrF2N2. The van der Waals surface area contributed by atoms with Crippen molar-refractivity contribution in [2.45, 2.75) is 6.43 Å². The zero-order valence-corrected chi connectivity index (χ0v) is 6.77. The van der Waals surface area contributed by atoms with Gasteiger partial charge in [-0.15, -0.1) is 0 Å². The molecule has 0 aliphatic carbocycles. The second kappa shape index (κ2) is 2.65. The van der Waals surface area contributed by atoms with Gasteiger partial charge < -0.3 is 4.57 Å². The van der Waals surface area contributed by atoms with Gasteiger partial charge >= 0.3 is 0 Å². The lowest BCUT2D eigenvalue weighted by atomic mass is 10.6. The van der Waals surface area contributed by atoms with Crippen molar-refractivity contribution in [1.82, 2.24) is 9.55 Å². The van der Waals surface area contributed by atoms with Gasteiger partial charge in [0.05, 0.1) is 0 Å². The van der Waals surface area contributed by atoms with E-state index in [9.17, 15) is 8.78 Å². The molecule has 0 atom stereocenters. The Labute approximate surface area is 65.0 Å². The van der Waals surface area contributed by atoms with E-state index in [0.29, 0.717) is 4.60 Å². The highest BCUT2D eigenvalue weighted by atomic mass is 79.9. The molecule has 0 aliphatic heterocycles. The lowest BCUT2D eigenvalue weighted by Crippen LogP contribution is -1.96. The van der Waals surface area contributed by atoms with E-state index in [2.05, 4.69) is 20.9 Å². The molecule has 2 nitrogen and oxygen atoms in total. The van der Waals surface area contributed by atoms with Crippen molar-refractivity contribution in [2.24, 2.45) is 7.05 Å². The van der Waals surface area contributed by atoms with Gasteiger partial charge in [0.15, 0.2) is 5.82 Å². The summed E-state index contributed by atoms with van der Waals surface area (Å²) in [4.78, 5) is 3.54. The van der Waals surface area contributed by atoms with E-state index in [1.165, 1.54) is 17.8 Å². The Bertz CT molecular complexity index is 234. The lowest BCUT2D eigenvalue weighted by Gasteiger charge is -1.96. The molecule has 1 aromatic heterocycles. The molecule has 0 aliphatic rings. The van der Waals surface area contributed by atoms with Gasteiger partial charge in [0, 0.05) is 13.2 Å². The minimum atomic E-state index is -2.50. The first kappa shape index (κ1) is 7.65. The Kier molecular flexibility index (Phi) is 2.03. The van der Waals surface area contributed by atoms with Gasteiger partial charge in [-0.3, -0.25) is 0 Å². The van der Waals surface area contributed by atoms with Gasteiger partial charge in [-0.2, -0.15) is 0 Å². The van der Waals surface area contributed by atoms with Crippen LogP contribution in [0.25, 0.3) is 0 Å². The van der Waals surface area contributed by atoms with Crippen molar-refractivity contribution in [1.29, 1.82) is 0 Å². The number of aryl methyl sites for hydroxylation is 1. The molecule has 0 radical (unpaired) electrons. The fourth-order valence-electron chi connectivity index (χ4n) is 0.646. The molecular weight excluding hydrogens is 206 g/mol. The SMILES string of the molecule is Cn1cc(Br)nc1C(F)F. The number of alkyl halides is 2. The summed E-state index contributed by atoms with van der Waals surface area (Å²) in [5.74, 6) is -0.216. The van der Waals surface area contributed by atoms with Crippen LogP contribution in [-0.4, -0.2) is 9.55 Å². The first-order valence-electron chi connectivity index (χ1n) is 2.58. The van der Waals surface area contributed by atoms with Gasteiger partial charge in [0.25, 0.3) is 6.43 Å². The summed E-state index contributed by atoms with van der Waals surface area (Å²) >= 11 is 2.99. The first-order chi connectivity index (χ1) is 4.61. The van der Waals surface area contributed by atoms with E-state index in [0.717, 1.165) is 0 Å². The van der Waals surface area contributed by atoms with E-state index < -0.39 is 6.43 Å². The van der Waals surface area contributed by atoms with Crippen LogP contribution >= 0.6 is 15.9 Å². The third-order valence-electron chi connectivity index (χ3n) is 1.08. The fraction of sp³-hybridized carbons (Fsp3) is 0.400. The Morgan fingerprint density at radius 3 is 2.50 bits per heavy atom. The molecule has 1 rings (SSSR count). The average molecular weight is 211 g/mol. The van der Waals surface area contributed by atoms with Crippen molar-refractivity contribution in [3.63, 3.8) is 0 Å². The highest BCUT2D eigenvalue weighted by molar-refractivity contribution is 9.10. The molecule has 0 unspecified atom stereocenters. The molecule has 0 saturated carbocycles. The third-order valence-corrected chi connectivity index (χ3v) is 1.46. The zero-order chi connectivity index (χ0) is 7.72. The van der Waals surface area contributed by atoms with E-state index in [1.54, 1.807) is 0 Å². The summed E-state index contributed by atoms with van der Waals surface area (Å²) in [6.07, 6.45) is -1.02. The zero-order valence-electron chi connectivity index (χ0n) is 5.18. The third kappa shape index (κ3) is 1.34. The van der Waals surface area contributed by atoms with Crippen LogP contribution in [0.4, 0.5) is 8.78 Å². The number of hydrogen-bond donors (Lipinski definition) is 0. The number of imidazole rings is 1. The van der Waals surface area contributed by atoms with Crippen LogP contribution in [0.3, 0.4) is 0 Å². The lowest BCUT2D eigenvalue weighted by molar-refractivity contribution is 0.136. The van der Waals surface area contributed by atoms with Crippen LogP contribution in [0.15, 0.2) is 10.8 Å². The Morgan fingerprint density at radius 2 is 2.30 bits per heavy atom. The number of hydrogen-bond acceptors (Lipinski definition) is 1. The summed E-state index contributed by atoms with van der Waals surface area (Å²) in [7, 11) is 1.53. The van der Waals surface area contributed by atoms with Crippen LogP contribution < -0.4 is 0 Å². The monoisotopic (exact) mass is 210 g/mol. The normalized spacial score (nSPS) is 10.9. The molecule has 56 valence electrons. The maximum absolute atomic E-state index is 11.9. The summed E-state index contributed by atoms with van der Waals surface area (Å²) in [5, 5.41) is 0. The molecule has 0 bridgehead atoms. The summed E-state index contributed by atoms with van der Waals surface area (Å²) in [6, 6.07) is 0. The molecule has 10 heavy (non-hydrogen) atoms. The standard InChI is InChI=1S/C5H5BrF2N2/c1-10-2-3(6)9-5(10)4(7)8/h2,4H,1H3. The molecule has 0 fully saturated rings. The van der Waals surface area contributed by atoms with E-state index in [1.807, 2.05) is 0 Å². The predicted molar refractivity (Wildman–Crippen MR) is 35.9 cm³/mol. The van der Waals surface area contributed by atoms with Gasteiger partial charge in [-0.1, -0.05) is 0 Å². The molecule has 0 amide bonds. The number of halogens is 3. The van der Waals surface area contributed by atoms with Crippen LogP contribution in [0, 0.1) is 0 Å². The van der Waals surface area contributed by atoms with Gasteiger partial charge in [0.1, 0.15) is 4.60 Å². The molecule has 1 aromatic rings. The smallest absolute Gasteiger partial charge is 0.295 e. The molecule has 5 heteroatoms. The molecule has 0 aromatic carbocycles. The predicted octanol–water partition coefficient (Wildman–Crippen LogP) is 2.12. The summed E-state index contributed by atoms with van der Waals surface area (Å²) in [6.45, 7) is 0. The van der Waals surface area contributed by atoms with Crippen LogP contribution in [-0.2, 0) is 7.05 Å². The van der Waals surface area contributed by atoms with Crippen molar-refractivity contribution in [2.75, 3.05) is 0 Å². The van der Waals surface area contributed by atoms with E-state index >= 15 is 0 Å². The maximum atomic E-state index is 11.9. The fourth-order valence-corrected chi connectivity index (χ4v) is 1.13. The highest BCUT2D eigenvalue weighted by Gasteiger charge is 2.13. The minimum absolute atomic E-state index is 0.216. The van der Waals surface area contributed by atoms with Crippen LogP contribution in [0.2, 0.25) is 0 Å². The number of nitrogens with zero attached hydrogens (tertiary/aromatic N) is 2. The molecule has 0 spiro atoms. The van der Waals surface area contributed by atoms with Crippen LogP contribution in [0.1, 0.15) is 12.2 Å². The highest BCUT2D eigenvalue weighted by Crippen LogP contribution is 2.18. The van der Waals surface area contributed by atoms with Crippen LogP contribution in [0.5, 0.6) is 0 Å². The molecule has 0 N–H and O–H groups in total. The second-order valence-corrected chi connectivity index (χ2v) is 2.65. The van der Waals surface area contributed by atoms with Crippen molar-refractivity contribution >= 4 is 15.9 Å². The number of aromatic nitrogens is 2. The topological polar surface area (TPSA) is 17.8 Å². The van der Waals surface area contributed by atoms with Gasteiger partial charge in [-0.05, 0) is 15.9 Å². The molecule has 0 saturated heterocycles. The Balaban J connectivity index is 3.03. The van der Waals surface area contributed by atoms with Gasteiger partial charge in [-0.25, -0.2) is 13.8 Å². The minimum Gasteiger partial charge on any atom is -0.332 e. The Hall–Kier alpha value is -0.450. The van der Waals surface area contributed by atoms with E-state index in [4.69, 9.17) is 0 Å². The van der Waals surface area contributed by atoms with E-state index in [-0.39, 0.29) is 5.82 Å². The van der Waals surface area contributed by atoms with Crippen molar-refractivity contribution in [3.05, 3.63) is 16.6 Å². The maximum Gasteiger partial charge on any atom is 0.295 e. The quantitative estimate of drug-likeness (QED) is 0.695. The molecule has 1 heterocycles. The van der Waals surface area contributed by atoms with Gasteiger partial charge in [0.2, 0.25) is 0 Å². The van der Waals surface area contributed by atoms with Crippen molar-refractivity contribution < 1.29 is 8.78 Å². The van der Waals surface area contributed by atoms with Crippen molar-refractivity contribution in [3.8, 4) is 0 Å². The Morgan fingerprint density at radius 1 is 1.70 bits per heavy atom. The second-order valence-electron chi connectivity index (χ2n) is 1.83. The largest absolute Gasteiger partial charge is 0.332 e. The first-order valence-corrected chi connectivity index (χ1v) is 3.37.